The molecule has 2 aliphatic rings. The van der Waals surface area contributed by atoms with Crippen LogP contribution in [-0.2, 0) is 12.8 Å². The van der Waals surface area contributed by atoms with Gasteiger partial charge in [-0.25, -0.2) is 4.98 Å². The number of aliphatic hydroxyl groups excluding tert-OH is 1. The third kappa shape index (κ3) is 4.28. The average Bonchev–Trinajstić information content (AvgIpc) is 2.68. The maximum absolute atomic E-state index is 9.96. The van der Waals surface area contributed by atoms with E-state index in [1.165, 1.54) is 11.1 Å². The molecule has 1 saturated carbocycles. The molecule has 6 nitrogen and oxygen atoms in total. The molecule has 0 radical (unpaired) electrons. The number of aryl methyl sites for hydroxylation is 1. The summed E-state index contributed by atoms with van der Waals surface area (Å²) in [6.45, 7) is 3.85. The van der Waals surface area contributed by atoms with Gasteiger partial charge in [0.15, 0.2) is 0 Å². The van der Waals surface area contributed by atoms with Crippen molar-refractivity contribution in [3.63, 3.8) is 0 Å². The number of hydrogen-bond donors (Lipinski definition) is 4. The summed E-state index contributed by atoms with van der Waals surface area (Å²) in [4.78, 5) is 9.17. The molecule has 1 aromatic heterocycles. The molecule has 28 heavy (non-hydrogen) atoms. The molecule has 0 amide bonds. The predicted molar refractivity (Wildman–Crippen MR) is 113 cm³/mol. The fourth-order valence-corrected chi connectivity index (χ4v) is 4.29. The van der Waals surface area contributed by atoms with Crippen LogP contribution >= 0.6 is 0 Å². The van der Waals surface area contributed by atoms with Crippen LogP contribution in [0.15, 0.2) is 37.0 Å². The second-order valence-corrected chi connectivity index (χ2v) is 8.00. The number of nitrogens with zero attached hydrogens (tertiary/aromatic N) is 2. The van der Waals surface area contributed by atoms with Crippen molar-refractivity contribution in [3.8, 4) is 0 Å². The molecular formula is C22H29N5O. The summed E-state index contributed by atoms with van der Waals surface area (Å²) in [6.07, 6.45) is 8.20. The van der Waals surface area contributed by atoms with Gasteiger partial charge in [0.25, 0.3) is 0 Å². The molecule has 5 N–H and O–H groups in total. The summed E-state index contributed by atoms with van der Waals surface area (Å²) in [6, 6.07) is 9.11. The molecule has 0 spiro atoms. The Balaban J connectivity index is 1.49. The molecule has 1 heterocycles. The number of aliphatic hydroxyl groups is 1. The van der Waals surface area contributed by atoms with E-state index in [1.54, 1.807) is 6.20 Å². The van der Waals surface area contributed by atoms with Gasteiger partial charge in [-0.05, 0) is 56.1 Å². The van der Waals surface area contributed by atoms with Crippen molar-refractivity contribution in [1.82, 2.24) is 9.97 Å². The van der Waals surface area contributed by atoms with E-state index in [1.807, 2.05) is 0 Å². The van der Waals surface area contributed by atoms with Crippen LogP contribution in [0, 0.1) is 0 Å². The highest BCUT2D eigenvalue weighted by atomic mass is 16.3. The van der Waals surface area contributed by atoms with Gasteiger partial charge in [-0.1, -0.05) is 30.8 Å². The predicted octanol–water partition coefficient (Wildman–Crippen LogP) is 3.09. The van der Waals surface area contributed by atoms with Gasteiger partial charge in [0.1, 0.15) is 5.82 Å². The van der Waals surface area contributed by atoms with E-state index in [0.29, 0.717) is 23.5 Å². The Hall–Kier alpha value is -2.60. The van der Waals surface area contributed by atoms with E-state index in [9.17, 15) is 5.11 Å². The van der Waals surface area contributed by atoms with Crippen LogP contribution in [0.1, 0.15) is 48.8 Å². The molecular weight excluding hydrogens is 350 g/mol. The van der Waals surface area contributed by atoms with Gasteiger partial charge < -0.3 is 21.5 Å². The fourth-order valence-electron chi connectivity index (χ4n) is 4.29. The first kappa shape index (κ1) is 18.7. The maximum Gasteiger partial charge on any atom is 0.224 e. The molecule has 0 bridgehead atoms. The molecule has 148 valence electrons. The summed E-state index contributed by atoms with van der Waals surface area (Å²) < 4.78 is 0. The van der Waals surface area contributed by atoms with Crippen molar-refractivity contribution in [2.24, 2.45) is 5.73 Å². The second-order valence-electron chi connectivity index (χ2n) is 8.00. The molecule has 2 aliphatic carbocycles. The molecule has 1 aromatic carbocycles. The second kappa shape index (κ2) is 8.19. The van der Waals surface area contributed by atoms with Crippen LogP contribution in [0.5, 0.6) is 0 Å². The van der Waals surface area contributed by atoms with Crippen molar-refractivity contribution in [1.29, 1.82) is 0 Å². The molecule has 4 rings (SSSR count). The zero-order valence-corrected chi connectivity index (χ0v) is 16.2. The van der Waals surface area contributed by atoms with Crippen molar-refractivity contribution >= 4 is 17.5 Å². The number of fused-ring (bicyclic) bond motifs is 1. The minimum absolute atomic E-state index is 0.186. The van der Waals surface area contributed by atoms with Crippen LogP contribution in [0.25, 0.3) is 5.70 Å². The molecule has 0 aliphatic heterocycles. The van der Waals surface area contributed by atoms with Gasteiger partial charge in [-0.2, -0.15) is 4.98 Å². The zero-order valence-electron chi connectivity index (χ0n) is 16.2. The Morgan fingerprint density at radius 1 is 1.11 bits per heavy atom. The van der Waals surface area contributed by atoms with Crippen molar-refractivity contribution in [2.75, 3.05) is 10.6 Å². The Bertz CT molecular complexity index is 853. The van der Waals surface area contributed by atoms with Crippen LogP contribution < -0.4 is 16.4 Å². The van der Waals surface area contributed by atoms with Crippen LogP contribution in [0.4, 0.5) is 11.8 Å². The van der Waals surface area contributed by atoms with E-state index in [-0.39, 0.29) is 12.1 Å². The molecule has 1 fully saturated rings. The van der Waals surface area contributed by atoms with Gasteiger partial charge in [0, 0.05) is 24.0 Å². The van der Waals surface area contributed by atoms with Crippen LogP contribution in [-0.4, -0.2) is 33.3 Å². The zero-order chi connectivity index (χ0) is 19.5. The van der Waals surface area contributed by atoms with Gasteiger partial charge in [-0.15, -0.1) is 0 Å². The van der Waals surface area contributed by atoms with Gasteiger partial charge >= 0.3 is 0 Å². The lowest BCUT2D eigenvalue weighted by Crippen LogP contribution is -2.31. The first-order valence-electron chi connectivity index (χ1n) is 10.2. The molecule has 6 heteroatoms. The highest BCUT2D eigenvalue weighted by molar-refractivity contribution is 5.71. The number of anilines is 2. The summed E-state index contributed by atoms with van der Waals surface area (Å²) in [5, 5.41) is 16.9. The van der Waals surface area contributed by atoms with E-state index in [4.69, 9.17) is 10.7 Å². The van der Waals surface area contributed by atoms with E-state index < -0.39 is 0 Å². The minimum Gasteiger partial charge on any atom is -0.399 e. The van der Waals surface area contributed by atoms with Gasteiger partial charge in [0.05, 0.1) is 11.7 Å². The summed E-state index contributed by atoms with van der Waals surface area (Å²) in [7, 11) is 0. The van der Waals surface area contributed by atoms with E-state index in [2.05, 4.69) is 46.5 Å². The van der Waals surface area contributed by atoms with Crippen molar-refractivity contribution in [3.05, 3.63) is 53.7 Å². The lowest BCUT2D eigenvalue weighted by Gasteiger charge is -2.28. The molecule has 2 aromatic rings. The monoisotopic (exact) mass is 379 g/mol. The third-order valence-corrected chi connectivity index (χ3v) is 5.80. The first-order valence-corrected chi connectivity index (χ1v) is 10.2. The topological polar surface area (TPSA) is 96.1 Å². The van der Waals surface area contributed by atoms with Gasteiger partial charge in [-0.3, -0.25) is 0 Å². The number of nitrogens with one attached hydrogen (secondary N) is 2. The number of benzene rings is 1. The number of nitrogens with two attached hydrogens (primary N) is 1. The average molecular weight is 380 g/mol. The molecule has 0 unspecified atom stereocenters. The summed E-state index contributed by atoms with van der Waals surface area (Å²) in [5.41, 5.74) is 9.95. The highest BCUT2D eigenvalue weighted by Gasteiger charge is 2.23. The summed E-state index contributed by atoms with van der Waals surface area (Å²) in [5.74, 6) is 1.30. The van der Waals surface area contributed by atoms with Crippen molar-refractivity contribution < 1.29 is 5.11 Å². The number of hydrogen-bond acceptors (Lipinski definition) is 6. The molecule has 0 saturated heterocycles. The Labute approximate surface area is 166 Å². The van der Waals surface area contributed by atoms with Gasteiger partial charge in [0.2, 0.25) is 5.95 Å². The summed E-state index contributed by atoms with van der Waals surface area (Å²) >= 11 is 0. The highest BCUT2D eigenvalue weighted by Crippen LogP contribution is 2.27. The van der Waals surface area contributed by atoms with Crippen molar-refractivity contribution in [2.45, 2.75) is 63.1 Å². The van der Waals surface area contributed by atoms with Crippen LogP contribution in [0.2, 0.25) is 0 Å². The number of aromatic nitrogens is 2. The maximum atomic E-state index is 9.96. The van der Waals surface area contributed by atoms with Crippen LogP contribution in [0.3, 0.4) is 0 Å². The first-order chi connectivity index (χ1) is 13.6. The smallest absolute Gasteiger partial charge is 0.224 e. The SMILES string of the molecule is C=C(N)c1cnc(N[C@@H]2CCc3ccccc3C2)nc1N[C@@H]1CCC[C@H](O)C1. The third-order valence-electron chi connectivity index (χ3n) is 5.80. The minimum atomic E-state index is -0.252. The Kier molecular flexibility index (Phi) is 5.48. The lowest BCUT2D eigenvalue weighted by atomic mass is 9.88. The number of rotatable bonds is 5. The largest absolute Gasteiger partial charge is 0.399 e. The van der Waals surface area contributed by atoms with E-state index in [0.717, 1.165) is 50.5 Å². The normalized spacial score (nSPS) is 24.2. The quantitative estimate of drug-likeness (QED) is 0.638. The fraction of sp³-hybridized carbons (Fsp3) is 0.455. The standard InChI is InChI=1S/C22H29N5O/c1-14(23)20-13-24-22(27-21(20)25-17-7-4-8-19(28)12-17)26-18-10-9-15-5-2-3-6-16(15)11-18/h2-3,5-6,13,17-19,28H,1,4,7-12,23H2,(H2,24,25,26,27)/t17-,18-,19+/m1/s1. The van der Waals surface area contributed by atoms with E-state index >= 15 is 0 Å². The Morgan fingerprint density at radius 2 is 1.93 bits per heavy atom. The molecule has 3 atom stereocenters. The Morgan fingerprint density at radius 3 is 2.71 bits per heavy atom. The lowest BCUT2D eigenvalue weighted by molar-refractivity contribution is 0.124.